The highest BCUT2D eigenvalue weighted by Crippen LogP contribution is 2.34. The van der Waals surface area contributed by atoms with Crippen LogP contribution in [0.15, 0.2) is 50.8 Å². The number of thioether (sulfide) groups is 1. The van der Waals surface area contributed by atoms with Crippen LogP contribution in [-0.2, 0) is 6.18 Å². The molecule has 0 unspecified atom stereocenters. The lowest BCUT2D eigenvalue weighted by molar-refractivity contribution is -0.137. The summed E-state index contributed by atoms with van der Waals surface area (Å²) in [6.45, 7) is 7.58. The minimum Gasteiger partial charge on any atom is -0.487 e. The average Bonchev–Trinajstić information content (AvgIpc) is 2.81. The van der Waals surface area contributed by atoms with Gasteiger partial charge in [-0.1, -0.05) is 6.07 Å². The molecule has 0 bridgehead atoms. The van der Waals surface area contributed by atoms with E-state index in [9.17, 15) is 18.0 Å². The number of fused-ring (bicyclic) bond motifs is 1. The third-order valence-corrected chi connectivity index (χ3v) is 6.69. The lowest BCUT2D eigenvalue weighted by atomic mass is 10.1. The van der Waals surface area contributed by atoms with Crippen LogP contribution < -0.4 is 15.1 Å². The highest BCUT2D eigenvalue weighted by Gasteiger charge is 2.30. The number of aromatic nitrogens is 1. The van der Waals surface area contributed by atoms with Gasteiger partial charge in [0.15, 0.2) is 0 Å². The number of halogens is 3. The van der Waals surface area contributed by atoms with Gasteiger partial charge in [-0.3, -0.25) is 9.78 Å². The van der Waals surface area contributed by atoms with Crippen molar-refractivity contribution in [2.45, 2.75) is 51.1 Å². The molecule has 184 valence electrons. The van der Waals surface area contributed by atoms with Gasteiger partial charge >= 0.3 is 6.18 Å². The van der Waals surface area contributed by atoms with Crippen molar-refractivity contribution in [1.29, 1.82) is 0 Å². The number of nitrogens with zero attached hydrogens (tertiary/aromatic N) is 2. The van der Waals surface area contributed by atoms with Crippen LogP contribution in [0.1, 0.15) is 44.4 Å². The van der Waals surface area contributed by atoms with E-state index in [2.05, 4.69) is 4.98 Å². The summed E-state index contributed by atoms with van der Waals surface area (Å²) in [6.07, 6.45) is 1.12. The van der Waals surface area contributed by atoms with Crippen LogP contribution in [0.3, 0.4) is 0 Å². The molecule has 3 rings (SSSR count). The van der Waals surface area contributed by atoms with E-state index in [-0.39, 0.29) is 11.2 Å². The van der Waals surface area contributed by atoms with Crippen LogP contribution in [0.2, 0.25) is 0 Å². The van der Waals surface area contributed by atoms with E-state index < -0.39 is 11.7 Å². The van der Waals surface area contributed by atoms with Crippen LogP contribution in [0.4, 0.5) is 18.9 Å². The number of hydrogen-bond acceptors (Lipinski definition) is 6. The van der Waals surface area contributed by atoms with Crippen molar-refractivity contribution < 1.29 is 22.3 Å². The van der Waals surface area contributed by atoms with Crippen molar-refractivity contribution >= 4 is 28.4 Å². The van der Waals surface area contributed by atoms with Gasteiger partial charge in [-0.15, -0.1) is 11.8 Å². The van der Waals surface area contributed by atoms with Gasteiger partial charge in [-0.05, 0) is 64.0 Å². The molecule has 9 heteroatoms. The molecule has 0 aliphatic heterocycles. The molecular formula is C25H29F3N2O3S. The van der Waals surface area contributed by atoms with E-state index in [1.165, 1.54) is 18.5 Å². The summed E-state index contributed by atoms with van der Waals surface area (Å²) >= 11 is 1.60. The lowest BCUT2D eigenvalue weighted by Gasteiger charge is -2.21. The average molecular weight is 495 g/mol. The first-order chi connectivity index (χ1) is 16.3. The Morgan fingerprint density at radius 2 is 1.88 bits per heavy atom. The van der Waals surface area contributed by atoms with Gasteiger partial charge in [-0.25, -0.2) is 0 Å². The number of anilines is 1. The zero-order valence-electron chi connectivity index (χ0n) is 19.6. The number of hydrogen-bond donors (Lipinski definition) is 0. The lowest BCUT2D eigenvalue weighted by Crippen LogP contribution is -2.29. The molecule has 3 aromatic rings. The highest BCUT2D eigenvalue weighted by atomic mass is 32.2. The molecule has 0 aliphatic carbocycles. The first-order valence-corrected chi connectivity index (χ1v) is 12.3. The van der Waals surface area contributed by atoms with Crippen molar-refractivity contribution in [3.05, 3.63) is 58.3 Å². The fraction of sp³-hybridized carbons (Fsp3) is 0.440. The molecular weight excluding hydrogens is 465 g/mol. The number of unbranched alkanes of at least 4 members (excludes halogenated alkanes) is 2. The fourth-order valence-electron chi connectivity index (χ4n) is 3.70. The molecule has 0 atom stereocenters. The van der Waals surface area contributed by atoms with Crippen LogP contribution in [0.25, 0.3) is 10.9 Å². The van der Waals surface area contributed by atoms with Crippen LogP contribution in [0, 0.1) is 6.92 Å². The molecule has 0 saturated heterocycles. The maximum absolute atomic E-state index is 12.9. The molecule has 1 aromatic carbocycles. The van der Waals surface area contributed by atoms with E-state index in [1.54, 1.807) is 18.7 Å². The predicted molar refractivity (Wildman–Crippen MR) is 130 cm³/mol. The minimum atomic E-state index is -4.38. The maximum Gasteiger partial charge on any atom is 0.416 e. The van der Waals surface area contributed by atoms with E-state index in [0.29, 0.717) is 36.7 Å². The molecule has 0 N–H and O–H groups in total. The van der Waals surface area contributed by atoms with Gasteiger partial charge in [0, 0.05) is 29.6 Å². The SMILES string of the molecule is CCN(CC)c1c(C)occ(OCCCCCSc2ccnc3cc(C(F)(F)F)ccc23)c1=O. The molecule has 0 saturated carbocycles. The second-order valence-electron chi connectivity index (χ2n) is 7.80. The summed E-state index contributed by atoms with van der Waals surface area (Å²) in [4.78, 5) is 19.7. The van der Waals surface area contributed by atoms with E-state index in [4.69, 9.17) is 9.15 Å². The Bertz CT molecular complexity index is 1160. The summed E-state index contributed by atoms with van der Waals surface area (Å²) in [5.41, 5.74) is 0.0443. The Morgan fingerprint density at radius 3 is 2.59 bits per heavy atom. The zero-order chi connectivity index (χ0) is 24.7. The van der Waals surface area contributed by atoms with Crippen LogP contribution in [0.5, 0.6) is 5.75 Å². The van der Waals surface area contributed by atoms with Gasteiger partial charge in [0.25, 0.3) is 0 Å². The second-order valence-corrected chi connectivity index (χ2v) is 8.94. The Kier molecular flexibility index (Phi) is 8.88. The first-order valence-electron chi connectivity index (χ1n) is 11.3. The molecule has 2 aromatic heterocycles. The topological polar surface area (TPSA) is 55.6 Å². The van der Waals surface area contributed by atoms with Crippen LogP contribution in [-0.4, -0.2) is 30.4 Å². The van der Waals surface area contributed by atoms with Gasteiger partial charge in [0.2, 0.25) is 11.2 Å². The third-order valence-electron chi connectivity index (χ3n) is 5.53. The Labute approximate surface area is 201 Å². The molecule has 0 amide bonds. The quantitative estimate of drug-likeness (QED) is 0.218. The summed E-state index contributed by atoms with van der Waals surface area (Å²) < 4.78 is 50.0. The summed E-state index contributed by atoms with van der Waals surface area (Å²) in [6, 6.07) is 5.50. The van der Waals surface area contributed by atoms with Crippen molar-refractivity contribution in [2.75, 3.05) is 30.3 Å². The zero-order valence-corrected chi connectivity index (χ0v) is 20.4. The fourth-order valence-corrected chi connectivity index (χ4v) is 4.76. The summed E-state index contributed by atoms with van der Waals surface area (Å²) in [5, 5.41) is 0.721. The Balaban J connectivity index is 1.48. The Hall–Kier alpha value is -2.68. The maximum atomic E-state index is 12.9. The van der Waals surface area contributed by atoms with E-state index in [1.807, 2.05) is 24.8 Å². The standard InChI is InChI=1S/C25H29F3N2O3S/c1-4-30(5-2)23-17(3)33-16-21(24(23)31)32-13-7-6-8-14-34-22-11-12-29-20-15-18(25(26,27)28)9-10-19(20)22/h9-12,15-16H,4-8,13-14H2,1-3H3. The smallest absolute Gasteiger partial charge is 0.416 e. The highest BCUT2D eigenvalue weighted by molar-refractivity contribution is 7.99. The molecule has 0 aliphatic rings. The number of rotatable bonds is 11. The van der Waals surface area contributed by atoms with E-state index in [0.717, 1.165) is 47.4 Å². The first kappa shape index (κ1) is 25.9. The summed E-state index contributed by atoms with van der Waals surface area (Å²) in [7, 11) is 0. The second kappa shape index (κ2) is 11.6. The number of pyridine rings is 1. The molecule has 34 heavy (non-hydrogen) atoms. The van der Waals surface area contributed by atoms with E-state index >= 15 is 0 Å². The minimum absolute atomic E-state index is 0.152. The normalized spacial score (nSPS) is 11.7. The third kappa shape index (κ3) is 6.25. The molecule has 5 nitrogen and oxygen atoms in total. The Morgan fingerprint density at radius 1 is 1.12 bits per heavy atom. The summed E-state index contributed by atoms with van der Waals surface area (Å²) in [5.74, 6) is 1.62. The number of benzene rings is 1. The predicted octanol–water partition coefficient (Wildman–Crippen LogP) is 6.70. The van der Waals surface area contributed by atoms with Crippen molar-refractivity contribution in [3.8, 4) is 5.75 Å². The van der Waals surface area contributed by atoms with Gasteiger partial charge in [-0.2, -0.15) is 13.2 Å². The monoisotopic (exact) mass is 494 g/mol. The van der Waals surface area contributed by atoms with Crippen molar-refractivity contribution in [1.82, 2.24) is 4.98 Å². The van der Waals surface area contributed by atoms with Gasteiger partial charge in [0.05, 0.1) is 17.7 Å². The molecule has 0 spiro atoms. The number of alkyl halides is 3. The number of ether oxygens (including phenoxy) is 1. The molecule has 0 fully saturated rings. The molecule has 2 heterocycles. The largest absolute Gasteiger partial charge is 0.487 e. The van der Waals surface area contributed by atoms with Crippen LogP contribution >= 0.6 is 11.8 Å². The van der Waals surface area contributed by atoms with Gasteiger partial charge in [0.1, 0.15) is 17.7 Å². The van der Waals surface area contributed by atoms with Gasteiger partial charge < -0.3 is 14.1 Å². The van der Waals surface area contributed by atoms with Crippen molar-refractivity contribution in [3.63, 3.8) is 0 Å². The number of aryl methyl sites for hydroxylation is 1. The molecule has 0 radical (unpaired) electrons. The van der Waals surface area contributed by atoms with Crippen molar-refractivity contribution in [2.24, 2.45) is 0 Å².